The zero-order valence-electron chi connectivity index (χ0n) is 14.5. The average Bonchev–Trinajstić information content (AvgIpc) is 3.17. The van der Waals surface area contributed by atoms with E-state index in [1.54, 1.807) is 24.3 Å². The van der Waals surface area contributed by atoms with Gasteiger partial charge in [-0.05, 0) is 24.3 Å². The second kappa shape index (κ2) is 7.52. The first-order chi connectivity index (χ1) is 12.5. The first kappa shape index (κ1) is 17.2. The molecule has 3 rings (SSSR count). The lowest BCUT2D eigenvalue weighted by Crippen LogP contribution is -2.41. The Labute approximate surface area is 151 Å². The third-order valence-corrected chi connectivity index (χ3v) is 3.81. The molecule has 0 saturated carbocycles. The maximum atomic E-state index is 12.2. The van der Waals surface area contributed by atoms with E-state index in [-0.39, 0.29) is 5.69 Å². The fourth-order valence-corrected chi connectivity index (χ4v) is 2.37. The molecule has 132 valence electrons. The molecular weight excluding hydrogens is 330 g/mol. The first-order valence-electron chi connectivity index (χ1n) is 8.03. The molecule has 2 aromatic carbocycles. The monoisotopic (exact) mass is 349 g/mol. The van der Waals surface area contributed by atoms with Gasteiger partial charge in [-0.15, -0.1) is 0 Å². The van der Waals surface area contributed by atoms with Crippen LogP contribution in [0.2, 0.25) is 0 Å². The predicted molar refractivity (Wildman–Crippen MR) is 99.7 cm³/mol. The van der Waals surface area contributed by atoms with Gasteiger partial charge in [0.15, 0.2) is 0 Å². The fraction of sp³-hybridized carbons (Fsp3) is 0.105. The zero-order chi connectivity index (χ0) is 18.5. The number of hydrogen-bond acceptors (Lipinski definition) is 4. The number of aromatic nitrogens is 2. The molecule has 0 spiro atoms. The highest BCUT2D eigenvalue weighted by Gasteiger charge is 2.13. The second-order valence-corrected chi connectivity index (χ2v) is 5.89. The van der Waals surface area contributed by atoms with Crippen LogP contribution >= 0.6 is 0 Å². The second-order valence-electron chi connectivity index (χ2n) is 5.89. The molecule has 0 unspecified atom stereocenters. The largest absolute Gasteiger partial charge is 0.378 e. The van der Waals surface area contributed by atoms with E-state index in [9.17, 15) is 9.59 Å². The molecule has 26 heavy (non-hydrogen) atoms. The van der Waals surface area contributed by atoms with E-state index in [1.807, 2.05) is 55.4 Å². The lowest BCUT2D eigenvalue weighted by molar-refractivity contribution is 0.0844. The highest BCUT2D eigenvalue weighted by Crippen LogP contribution is 2.16. The lowest BCUT2D eigenvalue weighted by atomic mass is 10.1. The van der Waals surface area contributed by atoms with E-state index in [2.05, 4.69) is 21.0 Å². The van der Waals surface area contributed by atoms with Gasteiger partial charge in [0, 0.05) is 30.9 Å². The van der Waals surface area contributed by atoms with Crippen molar-refractivity contribution >= 4 is 17.5 Å². The van der Waals surface area contributed by atoms with Crippen LogP contribution in [0.4, 0.5) is 5.69 Å². The summed E-state index contributed by atoms with van der Waals surface area (Å²) >= 11 is 0. The molecule has 0 aliphatic heterocycles. The number of rotatable bonds is 4. The van der Waals surface area contributed by atoms with Crippen LogP contribution in [-0.2, 0) is 0 Å². The quantitative estimate of drug-likeness (QED) is 0.630. The van der Waals surface area contributed by atoms with E-state index < -0.39 is 11.8 Å². The molecular formula is C19H19N5O2. The fourth-order valence-electron chi connectivity index (χ4n) is 2.37. The Kier molecular flexibility index (Phi) is 4.98. The summed E-state index contributed by atoms with van der Waals surface area (Å²) in [6.07, 6.45) is 0. The van der Waals surface area contributed by atoms with Crippen molar-refractivity contribution in [3.63, 3.8) is 0 Å². The van der Waals surface area contributed by atoms with Gasteiger partial charge in [0.2, 0.25) is 0 Å². The number of hydrogen-bond donors (Lipinski definition) is 3. The van der Waals surface area contributed by atoms with Crippen LogP contribution in [-0.4, -0.2) is 36.1 Å². The number of hydrazine groups is 1. The van der Waals surface area contributed by atoms with Gasteiger partial charge in [0.25, 0.3) is 11.8 Å². The molecule has 2 amide bonds. The number of nitrogens with zero attached hydrogens (tertiary/aromatic N) is 2. The number of benzene rings is 2. The minimum absolute atomic E-state index is 0.256. The molecule has 0 atom stereocenters. The third-order valence-electron chi connectivity index (χ3n) is 3.81. The molecule has 7 nitrogen and oxygen atoms in total. The lowest BCUT2D eigenvalue weighted by Gasteiger charge is -2.13. The Hall–Kier alpha value is -3.61. The number of carbonyl (C=O) groups is 2. The topological polar surface area (TPSA) is 90.1 Å². The molecule has 0 aliphatic rings. The van der Waals surface area contributed by atoms with Crippen LogP contribution in [0.25, 0.3) is 11.3 Å². The highest BCUT2D eigenvalue weighted by molar-refractivity contribution is 5.99. The van der Waals surface area contributed by atoms with Gasteiger partial charge < -0.3 is 4.90 Å². The van der Waals surface area contributed by atoms with Crippen LogP contribution in [0.3, 0.4) is 0 Å². The highest BCUT2D eigenvalue weighted by atomic mass is 16.2. The third kappa shape index (κ3) is 3.89. The first-order valence-corrected chi connectivity index (χ1v) is 8.03. The van der Waals surface area contributed by atoms with Crippen molar-refractivity contribution in [1.82, 2.24) is 21.0 Å². The number of aromatic amines is 1. The molecule has 0 fully saturated rings. The Balaban J connectivity index is 1.63. The van der Waals surface area contributed by atoms with Crippen molar-refractivity contribution in [2.24, 2.45) is 0 Å². The van der Waals surface area contributed by atoms with Crippen molar-refractivity contribution < 1.29 is 9.59 Å². The van der Waals surface area contributed by atoms with Crippen LogP contribution in [0.15, 0.2) is 60.7 Å². The predicted octanol–water partition coefficient (Wildman–Crippen LogP) is 2.22. The Morgan fingerprint density at radius 2 is 1.65 bits per heavy atom. The summed E-state index contributed by atoms with van der Waals surface area (Å²) in [6, 6.07) is 18.2. The van der Waals surface area contributed by atoms with E-state index in [1.165, 1.54) is 0 Å². The molecule has 7 heteroatoms. The van der Waals surface area contributed by atoms with Crippen molar-refractivity contribution in [3.8, 4) is 11.3 Å². The van der Waals surface area contributed by atoms with Crippen molar-refractivity contribution in [1.29, 1.82) is 0 Å². The minimum Gasteiger partial charge on any atom is -0.378 e. The van der Waals surface area contributed by atoms with Gasteiger partial charge in [-0.3, -0.25) is 25.5 Å². The molecule has 1 heterocycles. The number of anilines is 1. The number of nitrogens with one attached hydrogen (secondary N) is 3. The van der Waals surface area contributed by atoms with Crippen LogP contribution < -0.4 is 15.8 Å². The minimum atomic E-state index is -0.475. The molecule has 0 bridgehead atoms. The SMILES string of the molecule is CN(C)c1cccc(C(=O)NNC(=O)c2cc(-c3ccccc3)n[nH]2)c1. The van der Waals surface area contributed by atoms with Gasteiger partial charge in [0.05, 0.1) is 5.69 Å². The number of H-pyrrole nitrogens is 1. The Bertz CT molecular complexity index is 918. The number of carbonyl (C=O) groups excluding carboxylic acids is 2. The van der Waals surface area contributed by atoms with Gasteiger partial charge in [-0.1, -0.05) is 36.4 Å². The summed E-state index contributed by atoms with van der Waals surface area (Å²) in [5.74, 6) is -0.873. The van der Waals surface area contributed by atoms with Crippen molar-refractivity contribution in [2.75, 3.05) is 19.0 Å². The van der Waals surface area contributed by atoms with Gasteiger partial charge in [-0.2, -0.15) is 5.10 Å². The summed E-state index contributed by atoms with van der Waals surface area (Å²) in [5, 5.41) is 6.79. The zero-order valence-corrected chi connectivity index (χ0v) is 14.5. The molecule has 0 saturated heterocycles. The smallest absolute Gasteiger partial charge is 0.287 e. The Morgan fingerprint density at radius 1 is 0.923 bits per heavy atom. The van der Waals surface area contributed by atoms with Crippen LogP contribution in [0.1, 0.15) is 20.8 Å². The number of amides is 2. The summed E-state index contributed by atoms with van der Waals surface area (Å²) in [7, 11) is 3.78. The maximum absolute atomic E-state index is 12.2. The molecule has 1 aromatic heterocycles. The van der Waals surface area contributed by atoms with Crippen LogP contribution in [0.5, 0.6) is 0 Å². The summed E-state index contributed by atoms with van der Waals surface area (Å²) in [6.45, 7) is 0. The van der Waals surface area contributed by atoms with Gasteiger partial charge >= 0.3 is 0 Å². The van der Waals surface area contributed by atoms with E-state index in [0.29, 0.717) is 11.3 Å². The van der Waals surface area contributed by atoms with Crippen LogP contribution in [0, 0.1) is 0 Å². The van der Waals surface area contributed by atoms with E-state index in [4.69, 9.17) is 0 Å². The Morgan fingerprint density at radius 3 is 2.38 bits per heavy atom. The summed E-state index contributed by atoms with van der Waals surface area (Å²) in [5.41, 5.74) is 7.94. The molecule has 0 radical (unpaired) electrons. The maximum Gasteiger partial charge on any atom is 0.287 e. The van der Waals surface area contributed by atoms with Gasteiger partial charge in [-0.25, -0.2) is 0 Å². The standard InChI is InChI=1S/C19H19N5O2/c1-24(2)15-10-6-9-14(11-15)18(25)22-23-19(26)17-12-16(20-21-17)13-7-4-3-5-8-13/h3-12H,1-2H3,(H,20,21)(H,22,25)(H,23,26). The normalized spacial score (nSPS) is 10.2. The van der Waals surface area contributed by atoms with Crippen molar-refractivity contribution in [2.45, 2.75) is 0 Å². The van der Waals surface area contributed by atoms with Gasteiger partial charge in [0.1, 0.15) is 5.69 Å². The molecule has 3 aromatic rings. The van der Waals surface area contributed by atoms with E-state index >= 15 is 0 Å². The summed E-state index contributed by atoms with van der Waals surface area (Å²) < 4.78 is 0. The van der Waals surface area contributed by atoms with Crippen molar-refractivity contribution in [3.05, 3.63) is 71.9 Å². The van der Waals surface area contributed by atoms with E-state index in [0.717, 1.165) is 11.3 Å². The average molecular weight is 349 g/mol. The molecule has 3 N–H and O–H groups in total. The molecule has 0 aliphatic carbocycles. The summed E-state index contributed by atoms with van der Waals surface area (Å²) in [4.78, 5) is 26.3.